The zero-order valence-corrected chi connectivity index (χ0v) is 43.7. The van der Waals surface area contributed by atoms with E-state index in [1.807, 2.05) is 0 Å². The van der Waals surface area contributed by atoms with Crippen LogP contribution in [0.1, 0.15) is 118 Å². The van der Waals surface area contributed by atoms with E-state index < -0.39 is 183 Å². The number of carbonyl (C=O) groups is 4. The summed E-state index contributed by atoms with van der Waals surface area (Å²) in [5.41, 5.74) is 0. The summed E-state index contributed by atoms with van der Waals surface area (Å²) in [5.74, 6) is -2.90. The van der Waals surface area contributed by atoms with Crippen molar-refractivity contribution >= 4 is 34.0 Å². The Hall–Kier alpha value is -2.89. The summed E-state index contributed by atoms with van der Waals surface area (Å²) in [7, 11) is -5.15. The highest BCUT2D eigenvalue weighted by Gasteiger charge is 2.56. The van der Waals surface area contributed by atoms with Gasteiger partial charge in [0.25, 0.3) is 0 Å². The monoisotopic (exact) mass is 1110 g/mol. The number of nitrogens with one attached hydrogen (secondary N) is 4. The van der Waals surface area contributed by atoms with Gasteiger partial charge in [0, 0.05) is 27.2 Å². The third kappa shape index (κ3) is 19.5. The first-order valence-electron chi connectivity index (χ1n) is 25.8. The van der Waals surface area contributed by atoms with E-state index in [2.05, 4.69) is 32.4 Å². The number of aliphatic hydroxyl groups is 9. The molecular weight excluding hydrogens is 1020 g/mol. The molecule has 0 aromatic rings. The van der Waals surface area contributed by atoms with Crippen LogP contribution in [-0.4, -0.2) is 232 Å². The Bertz CT molecular complexity index is 1860. The molecule has 0 radical (unpaired) electrons. The quantitative estimate of drug-likeness (QED) is 0.0242. The number of unbranched alkanes of at least 4 members (excludes halogenated alkanes) is 12. The van der Waals surface area contributed by atoms with Gasteiger partial charge in [0.1, 0.15) is 97.4 Å². The van der Waals surface area contributed by atoms with Gasteiger partial charge < -0.3 is 100 Å². The minimum absolute atomic E-state index is 0.0409. The second-order valence-corrected chi connectivity index (χ2v) is 20.6. The Morgan fingerprint density at radius 1 is 0.467 bits per heavy atom. The van der Waals surface area contributed by atoms with Crippen molar-refractivity contribution in [1.29, 1.82) is 0 Å². The van der Waals surface area contributed by atoms with Gasteiger partial charge in [-0.15, -0.1) is 0 Å². The Kier molecular flexibility index (Phi) is 27.3. The van der Waals surface area contributed by atoms with E-state index in [9.17, 15) is 78.1 Å². The van der Waals surface area contributed by atoms with Gasteiger partial charge in [0.05, 0.1) is 26.4 Å². The van der Waals surface area contributed by atoms with Crippen LogP contribution in [-0.2, 0) is 66.9 Å². The number of carbonyl (C=O) groups excluding carboxylic acids is 4. The Morgan fingerprint density at radius 3 is 1.23 bits per heavy atom. The fourth-order valence-corrected chi connectivity index (χ4v) is 9.94. The smallest absolute Gasteiger partial charge is 0.394 e. The van der Waals surface area contributed by atoms with E-state index in [1.54, 1.807) is 0 Å². The van der Waals surface area contributed by atoms with E-state index in [-0.39, 0.29) is 6.42 Å². The first-order chi connectivity index (χ1) is 35.5. The number of hydrogen-bond donors (Lipinski definition) is 14. The lowest BCUT2D eigenvalue weighted by Crippen LogP contribution is -2.71. The molecular formula is C46H82N4O24S. The number of aliphatic hydroxyl groups excluding tert-OH is 9. The molecule has 5 unspecified atom stereocenters. The fraction of sp³-hybridized carbons (Fsp3) is 0.913. The number of amides is 4. The first-order valence-corrected chi connectivity index (χ1v) is 27.1. The summed E-state index contributed by atoms with van der Waals surface area (Å²) < 4.78 is 77.9. The van der Waals surface area contributed by atoms with Gasteiger partial charge in [-0.1, -0.05) is 84.0 Å². The van der Waals surface area contributed by atoms with Crippen LogP contribution in [0.4, 0.5) is 0 Å². The third-order valence-corrected chi connectivity index (χ3v) is 13.9. The molecule has 0 saturated carbocycles. The lowest BCUT2D eigenvalue weighted by atomic mass is 9.93. The average molecular weight is 1110 g/mol. The van der Waals surface area contributed by atoms with Crippen molar-refractivity contribution < 1.29 is 115 Å². The normalized spacial score (nSPS) is 36.3. The number of rotatable bonds is 30. The van der Waals surface area contributed by atoms with E-state index >= 15 is 0 Å². The maximum Gasteiger partial charge on any atom is 0.397 e. The minimum Gasteiger partial charge on any atom is -0.394 e. The molecule has 0 spiro atoms. The molecule has 4 rings (SSSR count). The van der Waals surface area contributed by atoms with Crippen molar-refractivity contribution in [1.82, 2.24) is 21.3 Å². The Balaban J connectivity index is 1.49. The van der Waals surface area contributed by atoms with Crippen LogP contribution >= 0.6 is 0 Å². The maximum atomic E-state index is 13.3. The highest BCUT2D eigenvalue weighted by Crippen LogP contribution is 2.35. The summed E-state index contributed by atoms with van der Waals surface area (Å²) >= 11 is 0. The van der Waals surface area contributed by atoms with E-state index in [4.69, 9.17) is 33.2 Å². The van der Waals surface area contributed by atoms with Gasteiger partial charge in [-0.3, -0.25) is 23.7 Å². The largest absolute Gasteiger partial charge is 0.397 e. The van der Waals surface area contributed by atoms with Crippen LogP contribution in [0.15, 0.2) is 0 Å². The van der Waals surface area contributed by atoms with Crippen molar-refractivity contribution in [3.63, 3.8) is 0 Å². The van der Waals surface area contributed by atoms with Crippen molar-refractivity contribution in [3.8, 4) is 0 Å². The Labute approximate surface area is 436 Å². The second kappa shape index (κ2) is 31.6. The van der Waals surface area contributed by atoms with Crippen molar-refractivity contribution in [3.05, 3.63) is 0 Å². The molecule has 28 nitrogen and oxygen atoms in total. The van der Waals surface area contributed by atoms with Gasteiger partial charge in [-0.05, 0) is 6.42 Å². The van der Waals surface area contributed by atoms with Crippen molar-refractivity contribution in [2.24, 2.45) is 0 Å². The molecule has 4 aliphatic heterocycles. The number of ether oxygens (including phenoxy) is 7. The molecule has 4 fully saturated rings. The maximum absolute atomic E-state index is 13.3. The summed E-state index contributed by atoms with van der Waals surface area (Å²) in [6, 6.07) is -6.57. The lowest BCUT2D eigenvalue weighted by Gasteiger charge is -2.51. The highest BCUT2D eigenvalue weighted by atomic mass is 32.3. The highest BCUT2D eigenvalue weighted by molar-refractivity contribution is 7.80. The van der Waals surface area contributed by atoms with Crippen molar-refractivity contribution in [2.45, 2.75) is 240 Å². The predicted molar refractivity (Wildman–Crippen MR) is 255 cm³/mol. The predicted octanol–water partition coefficient (Wildman–Crippen LogP) is -3.89. The molecule has 4 heterocycles. The molecule has 20 atom stereocenters. The van der Waals surface area contributed by atoms with Crippen molar-refractivity contribution in [2.75, 3.05) is 26.4 Å². The van der Waals surface area contributed by atoms with Gasteiger partial charge in [0.2, 0.25) is 23.6 Å². The zero-order chi connectivity index (χ0) is 55.6. The van der Waals surface area contributed by atoms with Crippen LogP contribution in [0, 0.1) is 0 Å². The lowest BCUT2D eigenvalue weighted by molar-refractivity contribution is -0.361. The molecule has 4 aliphatic rings. The molecule has 436 valence electrons. The molecule has 4 saturated heterocycles. The van der Waals surface area contributed by atoms with Gasteiger partial charge in [-0.2, -0.15) is 8.42 Å². The zero-order valence-electron chi connectivity index (χ0n) is 42.9. The Morgan fingerprint density at radius 2 is 0.827 bits per heavy atom. The summed E-state index contributed by atoms with van der Waals surface area (Å²) in [6.45, 7) is 1.43. The molecule has 4 amide bonds. The first kappa shape index (κ1) is 64.6. The van der Waals surface area contributed by atoms with Gasteiger partial charge in [-0.25, -0.2) is 4.18 Å². The molecule has 0 aliphatic carbocycles. The van der Waals surface area contributed by atoms with E-state index in [0.717, 1.165) is 52.9 Å². The summed E-state index contributed by atoms with van der Waals surface area (Å²) in [5, 5.41) is 109. The number of hydrogen-bond acceptors (Lipinski definition) is 23. The minimum atomic E-state index is -5.15. The standard InChI is InChI=1S/C46H82N4O24S/c1-5-6-7-8-9-10-11-12-13-14-15-16-17-18-30(57)50-32-36(59)35(58)26(19-51)69-44(32)72-40-27(20-52)70-45(33(38(40)61)48-24(3)55)73-41-28(21-53)71-46(34(39(41)62)49-25(4)56)74-42-29(22-67-75(64,65)66)68-43(63)31(37(42)60)47-23(2)54/h26-29,31-46,51-53,58-63H,5-22H2,1-4H3,(H,47,54)(H,48,55)(H,49,56)(H,50,57)(H,64,65,66)/t26-,27-,28-,29-,31-,32+,33-,34+,35-,36-,37?,38?,39?,40-,41-,42-,43?,44?,45+,46+/m1/s1. The van der Waals surface area contributed by atoms with E-state index in [0.29, 0.717) is 6.42 Å². The summed E-state index contributed by atoms with van der Waals surface area (Å²) in [4.78, 5) is 50.5. The third-order valence-electron chi connectivity index (χ3n) is 13.5. The average Bonchev–Trinajstić information content (AvgIpc) is 3.34. The van der Waals surface area contributed by atoms with Crippen LogP contribution in [0.2, 0.25) is 0 Å². The molecule has 29 heteroatoms. The second-order valence-electron chi connectivity index (χ2n) is 19.5. The van der Waals surface area contributed by atoms with Gasteiger partial charge in [0.15, 0.2) is 25.2 Å². The fourth-order valence-electron chi connectivity index (χ4n) is 9.64. The van der Waals surface area contributed by atoms with Crippen LogP contribution < -0.4 is 21.3 Å². The van der Waals surface area contributed by atoms with Crippen LogP contribution in [0.25, 0.3) is 0 Å². The van der Waals surface area contributed by atoms with E-state index in [1.165, 1.54) is 44.9 Å². The molecule has 75 heavy (non-hydrogen) atoms. The molecule has 14 N–H and O–H groups in total. The van der Waals surface area contributed by atoms with Crippen LogP contribution in [0.3, 0.4) is 0 Å². The molecule has 0 aromatic heterocycles. The SMILES string of the molecule is CCCCCCCCCCCCCCCC(=O)N[C@@H]1C(O[C@H]2C(O)[C@@H](NC(C)=O)[C@H](O[C@H]3C(O)[C@H](NC(C)=O)[C@H](O[C@H]4C(O)[C@@H](NC(C)=O)C(O)O[C@@H]4COS(=O)(=O)O)O[C@@H]3CO)O[C@@H]2CO)O[C@H](CO)[C@@H](O)[C@@H]1O. The summed E-state index contributed by atoms with van der Waals surface area (Å²) in [6.07, 6.45) is -14.6. The molecule has 0 aromatic carbocycles. The topological polar surface area (TPSA) is 427 Å². The van der Waals surface area contributed by atoms with Crippen LogP contribution in [0.5, 0.6) is 0 Å². The molecule has 0 bridgehead atoms. The van der Waals surface area contributed by atoms with Gasteiger partial charge >= 0.3 is 10.4 Å².